The number of aromatic nitrogens is 2. The highest BCUT2D eigenvalue weighted by atomic mass is 79.9. The van der Waals surface area contributed by atoms with Gasteiger partial charge in [-0.05, 0) is 35.0 Å². The van der Waals surface area contributed by atoms with E-state index in [0.29, 0.717) is 5.02 Å². The molecule has 17 heavy (non-hydrogen) atoms. The summed E-state index contributed by atoms with van der Waals surface area (Å²) < 4.78 is 2.87. The summed E-state index contributed by atoms with van der Waals surface area (Å²) >= 11 is 9.51. The SMILES string of the molecule is CC(Nc1cccc(Cl)c1Br)c1nccn1C. The van der Waals surface area contributed by atoms with E-state index in [1.54, 1.807) is 6.20 Å². The fourth-order valence-corrected chi connectivity index (χ4v) is 2.26. The van der Waals surface area contributed by atoms with Crippen LogP contribution in [-0.2, 0) is 7.05 Å². The first-order valence-corrected chi connectivity index (χ1v) is 6.44. The van der Waals surface area contributed by atoms with Gasteiger partial charge in [-0.2, -0.15) is 0 Å². The van der Waals surface area contributed by atoms with Gasteiger partial charge in [0.1, 0.15) is 5.82 Å². The van der Waals surface area contributed by atoms with Crippen LogP contribution in [0.2, 0.25) is 5.02 Å². The zero-order valence-electron chi connectivity index (χ0n) is 9.61. The van der Waals surface area contributed by atoms with Crippen molar-refractivity contribution < 1.29 is 0 Å². The first-order valence-electron chi connectivity index (χ1n) is 5.27. The summed E-state index contributed by atoms with van der Waals surface area (Å²) in [7, 11) is 1.98. The van der Waals surface area contributed by atoms with E-state index in [2.05, 4.69) is 33.2 Å². The number of anilines is 1. The molecule has 1 unspecified atom stereocenters. The third kappa shape index (κ3) is 2.64. The molecule has 0 spiro atoms. The van der Waals surface area contributed by atoms with Crippen LogP contribution in [0, 0.1) is 0 Å². The van der Waals surface area contributed by atoms with Gasteiger partial charge >= 0.3 is 0 Å². The van der Waals surface area contributed by atoms with Crippen LogP contribution < -0.4 is 5.32 Å². The van der Waals surface area contributed by atoms with Gasteiger partial charge in [0.25, 0.3) is 0 Å². The minimum Gasteiger partial charge on any atom is -0.374 e. The fraction of sp³-hybridized carbons (Fsp3) is 0.250. The number of aryl methyl sites for hydroxylation is 1. The average molecular weight is 315 g/mol. The molecular weight excluding hydrogens is 302 g/mol. The van der Waals surface area contributed by atoms with Crippen LogP contribution in [0.1, 0.15) is 18.8 Å². The van der Waals surface area contributed by atoms with Crippen LogP contribution in [0.25, 0.3) is 0 Å². The van der Waals surface area contributed by atoms with Crippen LogP contribution in [0.5, 0.6) is 0 Å². The van der Waals surface area contributed by atoms with Crippen molar-refractivity contribution in [1.29, 1.82) is 0 Å². The number of nitrogens with zero attached hydrogens (tertiary/aromatic N) is 2. The van der Waals surface area contributed by atoms with E-state index in [-0.39, 0.29) is 6.04 Å². The molecule has 0 aliphatic carbocycles. The van der Waals surface area contributed by atoms with Crippen LogP contribution in [0.15, 0.2) is 35.1 Å². The number of imidazole rings is 1. The Morgan fingerprint density at radius 1 is 1.47 bits per heavy atom. The molecule has 0 aliphatic rings. The molecular formula is C12H13BrClN3. The lowest BCUT2D eigenvalue weighted by molar-refractivity contribution is 0.721. The quantitative estimate of drug-likeness (QED) is 0.927. The van der Waals surface area contributed by atoms with Crippen molar-refractivity contribution in [2.75, 3.05) is 5.32 Å². The second-order valence-electron chi connectivity index (χ2n) is 3.86. The van der Waals surface area contributed by atoms with Gasteiger partial charge < -0.3 is 9.88 Å². The topological polar surface area (TPSA) is 29.9 Å². The minimum atomic E-state index is 0.116. The van der Waals surface area contributed by atoms with Crippen molar-refractivity contribution in [3.8, 4) is 0 Å². The molecule has 0 fully saturated rings. The zero-order valence-corrected chi connectivity index (χ0v) is 12.0. The Bertz CT molecular complexity index is 524. The number of hydrogen-bond acceptors (Lipinski definition) is 2. The molecule has 0 aliphatic heterocycles. The van der Waals surface area contributed by atoms with Crippen molar-refractivity contribution in [3.63, 3.8) is 0 Å². The Kier molecular flexibility index (Phi) is 3.74. The first-order chi connectivity index (χ1) is 8.09. The fourth-order valence-electron chi connectivity index (χ4n) is 1.71. The van der Waals surface area contributed by atoms with Crippen LogP contribution in [0.3, 0.4) is 0 Å². The van der Waals surface area contributed by atoms with Gasteiger partial charge in [0.05, 0.1) is 21.2 Å². The van der Waals surface area contributed by atoms with Crippen LogP contribution in [0.4, 0.5) is 5.69 Å². The van der Waals surface area contributed by atoms with Gasteiger partial charge in [-0.25, -0.2) is 4.98 Å². The molecule has 1 N–H and O–H groups in total. The number of rotatable bonds is 3. The second-order valence-corrected chi connectivity index (χ2v) is 5.06. The molecule has 0 saturated heterocycles. The summed E-state index contributed by atoms with van der Waals surface area (Å²) in [5.74, 6) is 0.983. The summed E-state index contributed by atoms with van der Waals surface area (Å²) in [6.07, 6.45) is 3.72. The molecule has 90 valence electrons. The maximum Gasteiger partial charge on any atom is 0.130 e. The standard InChI is InChI=1S/C12H13BrClN3/c1-8(12-15-6-7-17(12)2)16-10-5-3-4-9(14)11(10)13/h3-8,16H,1-2H3. The maximum absolute atomic E-state index is 6.05. The maximum atomic E-state index is 6.05. The van der Waals surface area contributed by atoms with E-state index < -0.39 is 0 Å². The van der Waals surface area contributed by atoms with Gasteiger partial charge in [0.15, 0.2) is 0 Å². The summed E-state index contributed by atoms with van der Waals surface area (Å²) in [5.41, 5.74) is 0.966. The predicted molar refractivity (Wildman–Crippen MR) is 74.4 cm³/mol. The van der Waals surface area contributed by atoms with E-state index in [4.69, 9.17) is 11.6 Å². The molecule has 3 nitrogen and oxygen atoms in total. The Hall–Kier alpha value is -1.00. The largest absolute Gasteiger partial charge is 0.374 e. The lowest BCUT2D eigenvalue weighted by Crippen LogP contribution is -2.12. The summed E-state index contributed by atoms with van der Waals surface area (Å²) in [6, 6.07) is 5.86. The van der Waals surface area contributed by atoms with Crippen molar-refractivity contribution in [2.45, 2.75) is 13.0 Å². The van der Waals surface area contributed by atoms with Crippen molar-refractivity contribution in [2.24, 2.45) is 7.05 Å². The average Bonchev–Trinajstić information content (AvgIpc) is 2.71. The Balaban J connectivity index is 2.22. The van der Waals surface area contributed by atoms with E-state index >= 15 is 0 Å². The van der Waals surface area contributed by atoms with E-state index in [1.807, 2.05) is 36.0 Å². The van der Waals surface area contributed by atoms with Crippen molar-refractivity contribution in [1.82, 2.24) is 9.55 Å². The molecule has 1 aromatic heterocycles. The minimum absolute atomic E-state index is 0.116. The molecule has 0 saturated carbocycles. The normalized spacial score (nSPS) is 12.5. The molecule has 1 heterocycles. The van der Waals surface area contributed by atoms with Gasteiger partial charge in [-0.3, -0.25) is 0 Å². The Labute approximate surface area is 114 Å². The second kappa shape index (κ2) is 5.10. The highest BCUT2D eigenvalue weighted by Crippen LogP contribution is 2.32. The van der Waals surface area contributed by atoms with E-state index in [1.165, 1.54) is 0 Å². The van der Waals surface area contributed by atoms with Gasteiger partial charge in [-0.1, -0.05) is 17.7 Å². The number of hydrogen-bond donors (Lipinski definition) is 1. The third-order valence-electron chi connectivity index (χ3n) is 2.57. The lowest BCUT2D eigenvalue weighted by atomic mass is 10.2. The van der Waals surface area contributed by atoms with Gasteiger partial charge in [0, 0.05) is 19.4 Å². The van der Waals surface area contributed by atoms with Crippen molar-refractivity contribution >= 4 is 33.2 Å². The van der Waals surface area contributed by atoms with Gasteiger partial charge in [0.2, 0.25) is 0 Å². The molecule has 0 bridgehead atoms. The molecule has 1 atom stereocenters. The monoisotopic (exact) mass is 313 g/mol. The smallest absolute Gasteiger partial charge is 0.130 e. The Morgan fingerprint density at radius 3 is 2.88 bits per heavy atom. The Morgan fingerprint density at radius 2 is 2.24 bits per heavy atom. The predicted octanol–water partition coefficient (Wildman–Crippen LogP) is 4.01. The highest BCUT2D eigenvalue weighted by molar-refractivity contribution is 9.10. The lowest BCUT2D eigenvalue weighted by Gasteiger charge is -2.16. The third-order valence-corrected chi connectivity index (χ3v) is 3.97. The molecule has 2 rings (SSSR count). The molecule has 1 aromatic carbocycles. The summed E-state index contributed by atoms with van der Waals surface area (Å²) in [5, 5.41) is 4.08. The number of nitrogens with one attached hydrogen (secondary N) is 1. The first kappa shape index (κ1) is 12.5. The molecule has 5 heteroatoms. The van der Waals surface area contributed by atoms with Crippen LogP contribution >= 0.6 is 27.5 Å². The van der Waals surface area contributed by atoms with E-state index in [0.717, 1.165) is 16.0 Å². The number of benzene rings is 1. The molecule has 0 radical (unpaired) electrons. The van der Waals surface area contributed by atoms with Gasteiger partial charge in [-0.15, -0.1) is 0 Å². The molecule has 2 aromatic rings. The number of halogens is 2. The molecule has 0 amide bonds. The van der Waals surface area contributed by atoms with E-state index in [9.17, 15) is 0 Å². The summed E-state index contributed by atoms with van der Waals surface area (Å²) in [4.78, 5) is 4.32. The highest BCUT2D eigenvalue weighted by Gasteiger charge is 2.12. The zero-order chi connectivity index (χ0) is 12.4. The summed E-state index contributed by atoms with van der Waals surface area (Å²) in [6.45, 7) is 2.07. The van der Waals surface area contributed by atoms with Crippen molar-refractivity contribution in [3.05, 3.63) is 45.9 Å². The van der Waals surface area contributed by atoms with Crippen LogP contribution in [-0.4, -0.2) is 9.55 Å².